The molecule has 0 aromatic heterocycles. The first kappa shape index (κ1) is 23.1. The number of hydrogen-bond donors (Lipinski definition) is 2. The minimum absolute atomic E-state index is 0.554. The van der Waals surface area contributed by atoms with E-state index in [1.54, 1.807) is 0 Å². The predicted octanol–water partition coefficient (Wildman–Crippen LogP) is 3.81. The lowest BCUT2D eigenvalue weighted by Gasteiger charge is -2.17. The second kappa shape index (κ2) is 8.64. The lowest BCUT2D eigenvalue weighted by molar-refractivity contribution is -0.0620. The van der Waals surface area contributed by atoms with Gasteiger partial charge in [0.1, 0.15) is 5.69 Å². The van der Waals surface area contributed by atoms with Crippen LogP contribution in [0, 0.1) is 17.5 Å². The number of carbonyl (C=O) groups is 1. The average Bonchev–Trinajstić information content (AvgIpc) is 2.65. The largest absolute Gasteiger partial charge is 0.478 e. The van der Waals surface area contributed by atoms with Gasteiger partial charge in [0.2, 0.25) is 17.3 Å². The molecule has 0 saturated heterocycles. The number of halogens is 7. The van der Waals surface area contributed by atoms with Crippen molar-refractivity contribution in [2.45, 2.75) is 18.1 Å². The first-order chi connectivity index (χ1) is 13.8. The summed E-state index contributed by atoms with van der Waals surface area (Å²) in [6.07, 6.45) is 0. The molecule has 0 aliphatic carbocycles. The fourth-order valence-electron chi connectivity index (χ4n) is 2.08. The molecule has 0 aliphatic heterocycles. The van der Waals surface area contributed by atoms with Crippen LogP contribution in [-0.4, -0.2) is 32.7 Å². The van der Waals surface area contributed by atoms with Crippen LogP contribution in [0.2, 0.25) is 0 Å². The fourth-order valence-corrected chi connectivity index (χ4v) is 3.19. The van der Waals surface area contributed by atoms with Gasteiger partial charge in [-0.05, 0) is 18.2 Å². The third-order valence-corrected chi connectivity index (χ3v) is 4.63. The molecule has 164 valence electrons. The summed E-state index contributed by atoms with van der Waals surface area (Å²) < 4.78 is 125. The van der Waals surface area contributed by atoms with E-state index in [1.165, 1.54) is 4.72 Å². The number of alkyl halides is 4. The maximum atomic E-state index is 14.3. The SMILES string of the molecule is O=C(O)c1cccc(S(=O)(=O)Nc2c(F)c(OC(F)F)c(F)c(OC(F)F)c2F)c1. The van der Waals surface area contributed by atoms with Gasteiger partial charge in [0.15, 0.2) is 11.6 Å². The molecule has 0 saturated carbocycles. The Morgan fingerprint density at radius 2 is 1.43 bits per heavy atom. The second-order valence-corrected chi connectivity index (χ2v) is 6.85. The number of benzene rings is 2. The summed E-state index contributed by atoms with van der Waals surface area (Å²) in [6.45, 7) is -7.81. The molecule has 0 atom stereocenters. The van der Waals surface area contributed by atoms with E-state index >= 15 is 0 Å². The number of rotatable bonds is 8. The number of carboxylic acids is 1. The van der Waals surface area contributed by atoms with Crippen molar-refractivity contribution in [1.29, 1.82) is 0 Å². The van der Waals surface area contributed by atoms with Gasteiger partial charge in [0.25, 0.3) is 10.0 Å². The Hall–Kier alpha value is -3.23. The van der Waals surface area contributed by atoms with Crippen molar-refractivity contribution < 1.29 is 58.5 Å². The average molecular weight is 463 g/mol. The van der Waals surface area contributed by atoms with Crippen molar-refractivity contribution in [3.63, 3.8) is 0 Å². The number of sulfonamides is 1. The highest BCUT2D eigenvalue weighted by molar-refractivity contribution is 7.92. The number of nitrogens with one attached hydrogen (secondary N) is 1. The number of aromatic carboxylic acids is 1. The molecule has 0 radical (unpaired) electrons. The van der Waals surface area contributed by atoms with Crippen LogP contribution in [0.5, 0.6) is 11.5 Å². The van der Waals surface area contributed by atoms with Crippen LogP contribution in [0.15, 0.2) is 29.2 Å². The van der Waals surface area contributed by atoms with E-state index in [2.05, 4.69) is 9.47 Å². The van der Waals surface area contributed by atoms with Gasteiger partial charge in [-0.15, -0.1) is 0 Å². The van der Waals surface area contributed by atoms with Gasteiger partial charge >= 0.3 is 19.2 Å². The lowest BCUT2D eigenvalue weighted by Crippen LogP contribution is -2.19. The Labute approximate surface area is 162 Å². The molecule has 0 amide bonds. The third kappa shape index (κ3) is 4.84. The Balaban J connectivity index is 2.65. The van der Waals surface area contributed by atoms with Crippen molar-refractivity contribution in [3.8, 4) is 11.5 Å². The van der Waals surface area contributed by atoms with E-state index in [-0.39, 0.29) is 0 Å². The third-order valence-electron chi connectivity index (χ3n) is 3.28. The summed E-state index contributed by atoms with van der Waals surface area (Å²) in [5.74, 6) is -12.9. The molecule has 30 heavy (non-hydrogen) atoms. The first-order valence-electron chi connectivity index (χ1n) is 7.31. The minimum Gasteiger partial charge on any atom is -0.478 e. The summed E-state index contributed by atoms with van der Waals surface area (Å²) in [6, 6.07) is 3.29. The molecule has 15 heteroatoms. The fraction of sp³-hybridized carbons (Fsp3) is 0.133. The number of ether oxygens (including phenoxy) is 2. The van der Waals surface area contributed by atoms with Crippen molar-refractivity contribution in [1.82, 2.24) is 0 Å². The van der Waals surface area contributed by atoms with E-state index in [0.717, 1.165) is 18.2 Å². The van der Waals surface area contributed by atoms with Crippen LogP contribution >= 0.6 is 0 Å². The Kier molecular flexibility index (Phi) is 6.64. The smallest absolute Gasteiger partial charge is 0.387 e. The molecular weight excluding hydrogens is 455 g/mol. The normalized spacial score (nSPS) is 11.6. The lowest BCUT2D eigenvalue weighted by atomic mass is 10.2. The highest BCUT2D eigenvalue weighted by Crippen LogP contribution is 2.41. The zero-order valence-corrected chi connectivity index (χ0v) is 14.8. The molecule has 0 aliphatic rings. The van der Waals surface area contributed by atoms with Crippen LogP contribution in [0.3, 0.4) is 0 Å². The molecular formula is C15H8F7NO6S. The van der Waals surface area contributed by atoms with Gasteiger partial charge in [-0.1, -0.05) is 6.07 Å². The zero-order valence-electron chi connectivity index (χ0n) is 14.0. The second-order valence-electron chi connectivity index (χ2n) is 5.17. The van der Waals surface area contributed by atoms with Crippen LogP contribution in [0.1, 0.15) is 10.4 Å². The van der Waals surface area contributed by atoms with Gasteiger partial charge in [-0.2, -0.15) is 22.0 Å². The molecule has 0 unspecified atom stereocenters. The van der Waals surface area contributed by atoms with E-state index < -0.39 is 74.3 Å². The first-order valence-corrected chi connectivity index (χ1v) is 8.79. The number of carboxylic acid groups (broad SMARTS) is 1. The predicted molar refractivity (Wildman–Crippen MR) is 83.8 cm³/mol. The molecule has 7 nitrogen and oxygen atoms in total. The molecule has 2 aromatic carbocycles. The monoisotopic (exact) mass is 463 g/mol. The van der Waals surface area contributed by atoms with E-state index in [9.17, 15) is 43.9 Å². The number of hydrogen-bond acceptors (Lipinski definition) is 5. The highest BCUT2D eigenvalue weighted by atomic mass is 32.2. The van der Waals surface area contributed by atoms with Crippen molar-refractivity contribution in [2.75, 3.05) is 4.72 Å². The van der Waals surface area contributed by atoms with Crippen molar-refractivity contribution in [2.24, 2.45) is 0 Å². The van der Waals surface area contributed by atoms with E-state index in [0.29, 0.717) is 6.07 Å². The molecule has 0 spiro atoms. The summed E-state index contributed by atoms with van der Waals surface area (Å²) in [5, 5.41) is 8.87. The summed E-state index contributed by atoms with van der Waals surface area (Å²) in [4.78, 5) is 10.1. The molecule has 0 fully saturated rings. The molecule has 2 aromatic rings. The molecule has 2 N–H and O–H groups in total. The van der Waals surface area contributed by atoms with Crippen LogP contribution in [0.25, 0.3) is 0 Å². The maximum absolute atomic E-state index is 14.3. The standard InChI is InChI=1S/C15H8F7NO6S/c16-7-10(23-30(26,27)6-3-1-2-5(4-6)13(24)25)8(17)12(29-15(21)22)9(18)11(7)28-14(19)20/h1-4,14-15,23H,(H,24,25). The van der Waals surface area contributed by atoms with Gasteiger partial charge in [-0.3, -0.25) is 4.72 Å². The van der Waals surface area contributed by atoms with Crippen molar-refractivity contribution >= 4 is 21.7 Å². The molecule has 2 rings (SSSR count). The van der Waals surface area contributed by atoms with Crippen molar-refractivity contribution in [3.05, 3.63) is 47.3 Å². The Morgan fingerprint density at radius 3 is 1.87 bits per heavy atom. The van der Waals surface area contributed by atoms with Gasteiger partial charge in [-0.25, -0.2) is 22.0 Å². The zero-order chi connectivity index (χ0) is 22.8. The Bertz CT molecular complexity index is 1040. The highest BCUT2D eigenvalue weighted by Gasteiger charge is 2.33. The van der Waals surface area contributed by atoms with Crippen LogP contribution in [0.4, 0.5) is 36.4 Å². The van der Waals surface area contributed by atoms with Crippen LogP contribution < -0.4 is 14.2 Å². The summed E-state index contributed by atoms with van der Waals surface area (Å²) in [5.41, 5.74) is -2.44. The van der Waals surface area contributed by atoms with Crippen LogP contribution in [-0.2, 0) is 10.0 Å². The van der Waals surface area contributed by atoms with E-state index in [1.807, 2.05) is 0 Å². The maximum Gasteiger partial charge on any atom is 0.387 e. The molecule has 0 heterocycles. The molecule has 0 bridgehead atoms. The van der Waals surface area contributed by atoms with Gasteiger partial charge < -0.3 is 14.6 Å². The quantitative estimate of drug-likeness (QED) is 0.578. The number of anilines is 1. The van der Waals surface area contributed by atoms with E-state index in [4.69, 9.17) is 5.11 Å². The minimum atomic E-state index is -5.02. The summed E-state index contributed by atoms with van der Waals surface area (Å²) in [7, 11) is -5.02. The Morgan fingerprint density at radius 1 is 0.933 bits per heavy atom. The summed E-state index contributed by atoms with van der Waals surface area (Å²) >= 11 is 0. The van der Waals surface area contributed by atoms with Gasteiger partial charge in [0.05, 0.1) is 10.5 Å². The topological polar surface area (TPSA) is 102 Å². The van der Waals surface area contributed by atoms with Gasteiger partial charge in [0, 0.05) is 0 Å².